The van der Waals surface area contributed by atoms with Crippen molar-refractivity contribution in [3.63, 3.8) is 0 Å². The van der Waals surface area contributed by atoms with Crippen molar-refractivity contribution in [3.05, 3.63) is 18.1 Å². The number of fused-ring (bicyclic) bond motifs is 1. The Kier molecular flexibility index (Phi) is 3.29. The van der Waals surface area contributed by atoms with Crippen LogP contribution in [0.3, 0.4) is 0 Å². The normalized spacial score (nSPS) is 32.8. The number of carbonyl (C=O) groups is 1. The molecule has 1 amide bonds. The predicted octanol–water partition coefficient (Wildman–Crippen LogP) is -2.14. The molecule has 0 aliphatic carbocycles. The molecule has 10 heteroatoms. The fraction of sp³-hybridized carbons (Fsp3) is 0.357. The Balaban J connectivity index is 2.37. The molecule has 2 aromatic rings. The zero-order chi connectivity index (χ0) is 17.9. The van der Waals surface area contributed by atoms with Gasteiger partial charge in [-0.05, 0) is 6.92 Å². The van der Waals surface area contributed by atoms with E-state index in [4.69, 9.17) is 22.6 Å². The van der Waals surface area contributed by atoms with Crippen molar-refractivity contribution in [2.24, 2.45) is 5.73 Å². The second-order valence-corrected chi connectivity index (χ2v) is 5.58. The Hall–Kier alpha value is -2.71. The monoisotopic (exact) mass is 333 g/mol. The average molecular weight is 333 g/mol. The van der Waals surface area contributed by atoms with Gasteiger partial charge in [-0.15, -0.1) is 6.42 Å². The molecule has 0 bridgehead atoms. The third kappa shape index (κ3) is 1.78. The highest BCUT2D eigenvalue weighted by Gasteiger charge is 2.64. The molecule has 1 fully saturated rings. The minimum Gasteiger partial charge on any atom is -0.383 e. The number of aromatic nitrogens is 3. The van der Waals surface area contributed by atoms with Crippen LogP contribution in [0.2, 0.25) is 0 Å². The number of nitrogens with two attached hydrogens (primary N) is 2. The number of primary amides is 1. The molecular weight excluding hydrogens is 318 g/mol. The fourth-order valence-corrected chi connectivity index (χ4v) is 2.93. The van der Waals surface area contributed by atoms with Crippen LogP contribution >= 0.6 is 0 Å². The lowest BCUT2D eigenvalue weighted by atomic mass is 9.89. The second-order valence-electron chi connectivity index (χ2n) is 5.58. The van der Waals surface area contributed by atoms with Gasteiger partial charge in [0, 0.05) is 6.20 Å². The number of ether oxygens (including phenoxy) is 1. The summed E-state index contributed by atoms with van der Waals surface area (Å²) in [6, 6.07) is 0. The summed E-state index contributed by atoms with van der Waals surface area (Å²) in [5, 5.41) is 30.7. The summed E-state index contributed by atoms with van der Waals surface area (Å²) in [6.45, 7) is 1.33. The number of aliphatic hydroxyl groups is 3. The third-order valence-corrected chi connectivity index (χ3v) is 4.31. The molecule has 10 nitrogen and oxygen atoms in total. The topological polar surface area (TPSA) is 170 Å². The van der Waals surface area contributed by atoms with E-state index in [0.29, 0.717) is 0 Å². The second kappa shape index (κ2) is 4.89. The number of nitrogens with zero attached hydrogens (tertiary/aromatic N) is 3. The Morgan fingerprint density at radius 1 is 1.50 bits per heavy atom. The maximum atomic E-state index is 11.7. The Bertz CT molecular complexity index is 890. The molecule has 0 spiro atoms. The lowest BCUT2D eigenvalue weighted by Crippen LogP contribution is -2.55. The maximum Gasteiger partial charge on any atom is 0.251 e. The lowest BCUT2D eigenvalue weighted by molar-refractivity contribution is -0.194. The molecule has 1 aliphatic rings. The zero-order valence-electron chi connectivity index (χ0n) is 12.5. The van der Waals surface area contributed by atoms with E-state index in [9.17, 15) is 20.1 Å². The Labute approximate surface area is 135 Å². The van der Waals surface area contributed by atoms with Crippen molar-refractivity contribution in [1.29, 1.82) is 0 Å². The highest BCUT2D eigenvalue weighted by molar-refractivity contribution is 6.08. The summed E-state index contributed by atoms with van der Waals surface area (Å²) in [5.41, 5.74) is 7.04. The molecule has 0 radical (unpaired) electrons. The van der Waals surface area contributed by atoms with Crippen LogP contribution in [0, 0.1) is 12.3 Å². The minimum atomic E-state index is -2.31. The number of nitrogen functional groups attached to an aromatic ring is 1. The molecule has 4 atom stereocenters. The van der Waals surface area contributed by atoms with Crippen LogP contribution in [-0.4, -0.2) is 53.8 Å². The number of rotatable bonds is 2. The predicted molar refractivity (Wildman–Crippen MR) is 81.0 cm³/mol. The summed E-state index contributed by atoms with van der Waals surface area (Å²) in [4.78, 5) is 19.5. The summed E-state index contributed by atoms with van der Waals surface area (Å²) in [6.07, 6.45) is 4.18. The quantitative estimate of drug-likeness (QED) is 0.388. The van der Waals surface area contributed by atoms with Gasteiger partial charge in [0.05, 0.1) is 10.9 Å². The molecule has 7 N–H and O–H groups in total. The first-order valence-electron chi connectivity index (χ1n) is 6.83. The lowest BCUT2D eigenvalue weighted by Gasteiger charge is -2.36. The molecule has 0 saturated carbocycles. The van der Waals surface area contributed by atoms with E-state index in [2.05, 4.69) is 9.97 Å². The van der Waals surface area contributed by atoms with Crippen molar-refractivity contribution >= 4 is 22.8 Å². The van der Waals surface area contributed by atoms with Gasteiger partial charge in [0.15, 0.2) is 12.0 Å². The number of anilines is 1. The van der Waals surface area contributed by atoms with Crippen molar-refractivity contribution in [2.75, 3.05) is 5.73 Å². The SMILES string of the molecule is C#C[C@@]1(O)[C@@H](O)[C@H](O)O[C@@]1(C)n1cc(C(N)=O)c2c(N)ncnc21. The van der Waals surface area contributed by atoms with E-state index in [1.807, 2.05) is 5.92 Å². The number of carbonyl (C=O) groups excluding carboxylic acids is 1. The van der Waals surface area contributed by atoms with Gasteiger partial charge in [-0.2, -0.15) is 0 Å². The number of amides is 1. The van der Waals surface area contributed by atoms with Gasteiger partial charge in [0.2, 0.25) is 5.60 Å². The highest BCUT2D eigenvalue weighted by Crippen LogP contribution is 2.44. The van der Waals surface area contributed by atoms with Crippen LogP contribution in [0.25, 0.3) is 11.0 Å². The Morgan fingerprint density at radius 2 is 2.17 bits per heavy atom. The first-order valence-corrected chi connectivity index (χ1v) is 6.83. The maximum absolute atomic E-state index is 11.7. The fourth-order valence-electron chi connectivity index (χ4n) is 2.93. The third-order valence-electron chi connectivity index (χ3n) is 4.31. The van der Waals surface area contributed by atoms with Gasteiger partial charge in [0.1, 0.15) is 23.9 Å². The summed E-state index contributed by atoms with van der Waals surface area (Å²) in [7, 11) is 0. The van der Waals surface area contributed by atoms with Crippen molar-refractivity contribution in [2.45, 2.75) is 30.6 Å². The van der Waals surface area contributed by atoms with E-state index >= 15 is 0 Å². The van der Waals surface area contributed by atoms with Crippen LogP contribution in [0.1, 0.15) is 17.3 Å². The van der Waals surface area contributed by atoms with Crippen molar-refractivity contribution < 1.29 is 24.9 Å². The zero-order valence-corrected chi connectivity index (χ0v) is 12.5. The summed E-state index contributed by atoms with van der Waals surface area (Å²) < 4.78 is 6.51. The van der Waals surface area contributed by atoms with E-state index in [1.165, 1.54) is 17.7 Å². The molecule has 3 rings (SSSR count). The number of terminal acetylenes is 1. The first-order chi connectivity index (χ1) is 11.2. The molecule has 126 valence electrons. The molecule has 24 heavy (non-hydrogen) atoms. The van der Waals surface area contributed by atoms with Crippen molar-refractivity contribution in [1.82, 2.24) is 14.5 Å². The van der Waals surface area contributed by atoms with Crippen molar-refractivity contribution in [3.8, 4) is 12.3 Å². The number of hydrogen-bond donors (Lipinski definition) is 5. The van der Waals surface area contributed by atoms with E-state index in [0.717, 1.165) is 6.33 Å². The molecule has 0 unspecified atom stereocenters. The van der Waals surface area contributed by atoms with E-state index in [1.54, 1.807) is 0 Å². The van der Waals surface area contributed by atoms with Gasteiger partial charge in [-0.3, -0.25) is 9.36 Å². The molecular formula is C14H15N5O5. The molecule has 3 heterocycles. The molecule has 1 aliphatic heterocycles. The van der Waals surface area contributed by atoms with Crippen LogP contribution in [0.4, 0.5) is 5.82 Å². The van der Waals surface area contributed by atoms with Gasteiger partial charge in [-0.1, -0.05) is 5.92 Å². The van der Waals surface area contributed by atoms with Gasteiger partial charge in [-0.25, -0.2) is 9.97 Å². The number of hydrogen-bond acceptors (Lipinski definition) is 8. The summed E-state index contributed by atoms with van der Waals surface area (Å²) in [5.74, 6) is 1.21. The standard InChI is InChI=1S/C14H15N5O5/c1-3-14(23)8(20)12(22)24-13(14,2)19-4-6(10(16)21)7-9(15)17-5-18-11(7)19/h1,4-5,8,12,20,22-23H,2H3,(H2,16,21)(H2,15,17,18)/t8-,12+,13+,14+/m0/s1. The smallest absolute Gasteiger partial charge is 0.251 e. The largest absolute Gasteiger partial charge is 0.383 e. The number of aliphatic hydroxyl groups excluding tert-OH is 2. The summed E-state index contributed by atoms with van der Waals surface area (Å²) >= 11 is 0. The van der Waals surface area contributed by atoms with Crippen LogP contribution in [0.5, 0.6) is 0 Å². The van der Waals surface area contributed by atoms with Gasteiger partial charge in [0.25, 0.3) is 5.91 Å². The average Bonchev–Trinajstić information content (AvgIpc) is 3.01. The molecule has 0 aromatic carbocycles. The minimum absolute atomic E-state index is 0.0144. The van der Waals surface area contributed by atoms with Crippen LogP contribution in [0.15, 0.2) is 12.5 Å². The molecule has 1 saturated heterocycles. The van der Waals surface area contributed by atoms with Crippen LogP contribution < -0.4 is 11.5 Å². The highest BCUT2D eigenvalue weighted by atomic mass is 16.7. The first kappa shape index (κ1) is 16.2. The van der Waals surface area contributed by atoms with Gasteiger partial charge < -0.3 is 31.5 Å². The van der Waals surface area contributed by atoms with Crippen LogP contribution in [-0.2, 0) is 10.5 Å². The van der Waals surface area contributed by atoms with E-state index < -0.39 is 29.6 Å². The van der Waals surface area contributed by atoms with Gasteiger partial charge >= 0.3 is 0 Å². The molecule has 2 aromatic heterocycles. The Morgan fingerprint density at radius 3 is 2.75 bits per heavy atom. The van der Waals surface area contributed by atoms with E-state index in [-0.39, 0.29) is 22.4 Å².